The summed E-state index contributed by atoms with van der Waals surface area (Å²) in [4.78, 5) is 22.8. The van der Waals surface area contributed by atoms with Gasteiger partial charge in [0, 0.05) is 31.7 Å². The average Bonchev–Trinajstić information content (AvgIpc) is 3.45. The van der Waals surface area contributed by atoms with Crippen LogP contribution in [0, 0.1) is 5.82 Å². The van der Waals surface area contributed by atoms with Gasteiger partial charge < -0.3 is 15.0 Å². The summed E-state index contributed by atoms with van der Waals surface area (Å²) >= 11 is 1.53. The second-order valence-corrected chi connectivity index (χ2v) is 9.30. The zero-order valence-electron chi connectivity index (χ0n) is 19.6. The van der Waals surface area contributed by atoms with E-state index < -0.39 is 0 Å². The van der Waals surface area contributed by atoms with Crippen LogP contribution in [0.3, 0.4) is 0 Å². The van der Waals surface area contributed by atoms with Crippen molar-refractivity contribution < 1.29 is 13.9 Å². The molecule has 0 bridgehead atoms. The highest BCUT2D eigenvalue weighted by Gasteiger charge is 2.27. The number of imidazole rings is 1. The molecule has 1 atom stereocenters. The van der Waals surface area contributed by atoms with Crippen LogP contribution in [0.15, 0.2) is 54.7 Å². The molecule has 1 unspecified atom stereocenters. The number of benzene rings is 2. The number of halogens is 1. The number of fused-ring (bicyclic) bond motifs is 1. The lowest BCUT2D eigenvalue weighted by Gasteiger charge is -2.37. The molecule has 1 aliphatic heterocycles. The number of aromatic nitrogens is 3. The zero-order valence-corrected chi connectivity index (χ0v) is 20.5. The van der Waals surface area contributed by atoms with Gasteiger partial charge in [0.1, 0.15) is 11.6 Å². The van der Waals surface area contributed by atoms with E-state index in [4.69, 9.17) is 9.84 Å². The summed E-state index contributed by atoms with van der Waals surface area (Å²) < 4.78 is 20.6. The molecule has 3 heterocycles. The first-order valence-electron chi connectivity index (χ1n) is 11.7. The van der Waals surface area contributed by atoms with Crippen LogP contribution in [0.5, 0.6) is 5.75 Å². The Bertz CT molecular complexity index is 1280. The molecule has 0 saturated carbocycles. The molecule has 182 valence electrons. The number of piperazine rings is 1. The van der Waals surface area contributed by atoms with Gasteiger partial charge in [-0.15, -0.1) is 5.10 Å². The van der Waals surface area contributed by atoms with Crippen molar-refractivity contribution >= 4 is 33.0 Å². The van der Waals surface area contributed by atoms with Crippen LogP contribution in [0.1, 0.15) is 13.8 Å². The summed E-state index contributed by atoms with van der Waals surface area (Å²) in [7, 11) is 0. The van der Waals surface area contributed by atoms with Crippen molar-refractivity contribution in [2.75, 3.05) is 43.0 Å². The van der Waals surface area contributed by atoms with Gasteiger partial charge in [-0.25, -0.2) is 13.9 Å². The van der Waals surface area contributed by atoms with Gasteiger partial charge in [-0.1, -0.05) is 23.5 Å². The quantitative estimate of drug-likeness (QED) is 0.416. The Balaban J connectivity index is 1.19. The molecule has 10 heteroatoms. The third-order valence-electron chi connectivity index (χ3n) is 6.13. The van der Waals surface area contributed by atoms with E-state index in [1.54, 1.807) is 16.6 Å². The smallest absolute Gasteiger partial charge is 0.241 e. The Morgan fingerprint density at radius 1 is 1.14 bits per heavy atom. The summed E-state index contributed by atoms with van der Waals surface area (Å²) in [6, 6.07) is 13.5. The molecule has 5 rings (SSSR count). The maximum absolute atomic E-state index is 13.2. The number of nitrogens with zero attached hydrogens (tertiary/aromatic N) is 5. The van der Waals surface area contributed by atoms with E-state index in [0.29, 0.717) is 18.0 Å². The molecular weight excluding hydrogens is 467 g/mol. The second kappa shape index (κ2) is 10.0. The monoisotopic (exact) mass is 494 g/mol. The van der Waals surface area contributed by atoms with Gasteiger partial charge in [-0.2, -0.15) is 0 Å². The summed E-state index contributed by atoms with van der Waals surface area (Å²) in [6.07, 6.45) is 1.87. The number of ether oxygens (including phenoxy) is 1. The first kappa shape index (κ1) is 23.3. The average molecular weight is 495 g/mol. The van der Waals surface area contributed by atoms with Crippen molar-refractivity contribution in [2.24, 2.45) is 0 Å². The van der Waals surface area contributed by atoms with Crippen molar-refractivity contribution in [2.45, 2.75) is 19.9 Å². The molecule has 2 aromatic heterocycles. The van der Waals surface area contributed by atoms with E-state index in [2.05, 4.69) is 20.1 Å². The minimum absolute atomic E-state index is 0.0494. The van der Waals surface area contributed by atoms with Gasteiger partial charge in [0.25, 0.3) is 0 Å². The molecule has 1 fully saturated rings. The molecule has 2 aromatic carbocycles. The summed E-state index contributed by atoms with van der Waals surface area (Å²) in [6.45, 7) is 7.45. The SMILES string of the molecule is CCOc1ccccc1NC(=O)C(C)N1CCN(c2nn3cc(-c4ccc(F)cc4)nc3s2)CC1. The van der Waals surface area contributed by atoms with Crippen LogP contribution in [-0.4, -0.2) is 64.2 Å². The van der Waals surface area contributed by atoms with Gasteiger partial charge in [0.05, 0.1) is 30.2 Å². The highest BCUT2D eigenvalue weighted by atomic mass is 32.1. The van der Waals surface area contributed by atoms with Gasteiger partial charge in [0.15, 0.2) is 0 Å². The summed E-state index contributed by atoms with van der Waals surface area (Å²) in [5, 5.41) is 8.61. The number of para-hydroxylation sites is 2. The van der Waals surface area contributed by atoms with Gasteiger partial charge in [0.2, 0.25) is 16.0 Å². The molecule has 4 aromatic rings. The largest absolute Gasteiger partial charge is 0.492 e. The number of carbonyl (C=O) groups is 1. The number of hydrogen-bond acceptors (Lipinski definition) is 7. The predicted octanol–water partition coefficient (Wildman–Crippen LogP) is 4.14. The molecule has 0 spiro atoms. The Morgan fingerprint density at radius 2 is 1.89 bits per heavy atom. The Hall–Kier alpha value is -3.50. The second-order valence-electron chi connectivity index (χ2n) is 8.36. The fraction of sp³-hybridized carbons (Fsp3) is 0.320. The molecule has 1 amide bonds. The lowest BCUT2D eigenvalue weighted by molar-refractivity contribution is -0.120. The lowest BCUT2D eigenvalue weighted by atomic mass is 10.2. The zero-order chi connectivity index (χ0) is 24.4. The third kappa shape index (κ3) is 4.98. The molecule has 0 radical (unpaired) electrons. The summed E-state index contributed by atoms with van der Waals surface area (Å²) in [5.41, 5.74) is 2.32. The van der Waals surface area contributed by atoms with Crippen LogP contribution >= 0.6 is 11.3 Å². The van der Waals surface area contributed by atoms with Gasteiger partial charge in [-0.05, 0) is 50.2 Å². The fourth-order valence-electron chi connectivity index (χ4n) is 4.13. The number of nitrogens with one attached hydrogen (secondary N) is 1. The first-order valence-corrected chi connectivity index (χ1v) is 12.5. The molecular formula is C25H27FN6O2S. The molecule has 8 nitrogen and oxygen atoms in total. The Kier molecular flexibility index (Phi) is 6.65. The first-order chi connectivity index (χ1) is 17.0. The van der Waals surface area contributed by atoms with Crippen molar-refractivity contribution in [1.82, 2.24) is 19.5 Å². The van der Waals surface area contributed by atoms with Crippen molar-refractivity contribution in [3.05, 3.63) is 60.5 Å². The normalized spacial score (nSPS) is 15.3. The van der Waals surface area contributed by atoms with E-state index in [9.17, 15) is 9.18 Å². The predicted molar refractivity (Wildman–Crippen MR) is 136 cm³/mol. The highest BCUT2D eigenvalue weighted by molar-refractivity contribution is 7.20. The van der Waals surface area contributed by atoms with E-state index in [0.717, 1.165) is 47.5 Å². The third-order valence-corrected chi connectivity index (χ3v) is 7.11. The number of rotatable bonds is 7. The minimum Gasteiger partial charge on any atom is -0.492 e. The lowest BCUT2D eigenvalue weighted by Crippen LogP contribution is -2.52. The van der Waals surface area contributed by atoms with Crippen LogP contribution < -0.4 is 15.0 Å². The van der Waals surface area contributed by atoms with Gasteiger partial charge in [-0.3, -0.25) is 9.69 Å². The molecule has 0 aliphatic carbocycles. The Labute approximate surface area is 207 Å². The van der Waals surface area contributed by atoms with Crippen molar-refractivity contribution in [3.63, 3.8) is 0 Å². The Morgan fingerprint density at radius 3 is 2.60 bits per heavy atom. The van der Waals surface area contributed by atoms with E-state index in [1.165, 1.54) is 23.5 Å². The highest BCUT2D eigenvalue weighted by Crippen LogP contribution is 2.28. The number of carbonyl (C=O) groups excluding carboxylic acids is 1. The fourth-order valence-corrected chi connectivity index (χ4v) is 5.07. The molecule has 35 heavy (non-hydrogen) atoms. The summed E-state index contributed by atoms with van der Waals surface area (Å²) in [5.74, 6) is 0.361. The maximum Gasteiger partial charge on any atom is 0.241 e. The molecule has 1 aliphatic rings. The molecule has 1 saturated heterocycles. The topological polar surface area (TPSA) is 75.0 Å². The maximum atomic E-state index is 13.2. The number of amides is 1. The van der Waals surface area contributed by atoms with Crippen LogP contribution in [-0.2, 0) is 4.79 Å². The van der Waals surface area contributed by atoms with E-state index >= 15 is 0 Å². The van der Waals surface area contributed by atoms with Gasteiger partial charge >= 0.3 is 0 Å². The van der Waals surface area contributed by atoms with Crippen LogP contribution in [0.2, 0.25) is 0 Å². The van der Waals surface area contributed by atoms with Crippen LogP contribution in [0.4, 0.5) is 15.2 Å². The van der Waals surface area contributed by atoms with E-state index in [1.807, 2.05) is 44.3 Å². The van der Waals surface area contributed by atoms with E-state index in [-0.39, 0.29) is 17.8 Å². The standard InChI is InChI=1S/C25H27FN6O2S/c1-3-34-22-7-5-4-6-20(22)27-23(33)17(2)30-12-14-31(15-13-30)25-29-32-16-21(28-24(32)35-25)18-8-10-19(26)11-9-18/h4-11,16-17H,3,12-15H2,1-2H3,(H,27,33). The van der Waals surface area contributed by atoms with Crippen molar-refractivity contribution in [3.8, 4) is 17.0 Å². The van der Waals surface area contributed by atoms with Crippen LogP contribution in [0.25, 0.3) is 16.2 Å². The minimum atomic E-state index is -0.267. The number of anilines is 2. The molecule has 1 N–H and O–H groups in total. The number of hydrogen-bond donors (Lipinski definition) is 1. The van der Waals surface area contributed by atoms with Crippen molar-refractivity contribution in [1.29, 1.82) is 0 Å².